The molecule has 0 bridgehead atoms. The molecule has 14 heavy (non-hydrogen) atoms. The van der Waals surface area contributed by atoms with Gasteiger partial charge in [-0.1, -0.05) is 17.7 Å². The van der Waals surface area contributed by atoms with Crippen molar-refractivity contribution in [2.45, 2.75) is 39.7 Å². The first kappa shape index (κ1) is 9.72. The summed E-state index contributed by atoms with van der Waals surface area (Å²) in [7, 11) is 0. The molecule has 0 unspecified atom stereocenters. The number of aryl methyl sites for hydroxylation is 3. The fourth-order valence-electron chi connectivity index (χ4n) is 2.30. The summed E-state index contributed by atoms with van der Waals surface area (Å²) in [6, 6.07) is 5.02. The van der Waals surface area contributed by atoms with Gasteiger partial charge in [0.1, 0.15) is 0 Å². The van der Waals surface area contributed by atoms with Crippen molar-refractivity contribution >= 4 is 0 Å². The van der Waals surface area contributed by atoms with Crippen LogP contribution in [0.15, 0.2) is 12.1 Å². The number of rotatable bonds is 2. The number of nitrogens with two attached hydrogens (primary N) is 1. The number of benzene rings is 1. The summed E-state index contributed by atoms with van der Waals surface area (Å²) < 4.78 is 0. The highest BCUT2D eigenvalue weighted by molar-refractivity contribution is 5.38. The summed E-state index contributed by atoms with van der Waals surface area (Å²) in [5.41, 5.74) is 11.6. The molecule has 1 saturated carbocycles. The largest absolute Gasteiger partial charge is 0.327 e. The van der Waals surface area contributed by atoms with Gasteiger partial charge in [-0.15, -0.1) is 0 Å². The lowest BCUT2D eigenvalue weighted by molar-refractivity contribution is 0.777. The molecular weight excluding hydrogens is 170 g/mol. The van der Waals surface area contributed by atoms with E-state index in [0.29, 0.717) is 6.04 Å². The van der Waals surface area contributed by atoms with Gasteiger partial charge in [-0.25, -0.2) is 0 Å². The summed E-state index contributed by atoms with van der Waals surface area (Å²) in [6.45, 7) is 6.58. The maximum absolute atomic E-state index is 5.84. The van der Waals surface area contributed by atoms with Crippen LogP contribution < -0.4 is 5.73 Å². The molecule has 0 saturated heterocycles. The molecule has 0 amide bonds. The van der Waals surface area contributed by atoms with Crippen molar-refractivity contribution in [3.8, 4) is 0 Å². The van der Waals surface area contributed by atoms with E-state index in [0.717, 1.165) is 5.92 Å². The van der Waals surface area contributed by atoms with E-state index in [2.05, 4.69) is 32.9 Å². The van der Waals surface area contributed by atoms with Crippen LogP contribution in [0.25, 0.3) is 0 Å². The van der Waals surface area contributed by atoms with E-state index in [1.54, 1.807) is 0 Å². The summed E-state index contributed by atoms with van der Waals surface area (Å²) in [5.74, 6) is 0.745. The first-order chi connectivity index (χ1) is 6.58. The lowest BCUT2D eigenvalue weighted by Crippen LogP contribution is -2.05. The molecule has 0 heterocycles. The fourth-order valence-corrected chi connectivity index (χ4v) is 2.30. The predicted octanol–water partition coefficient (Wildman–Crippen LogP) is 2.50. The molecule has 2 N–H and O–H groups in total. The van der Waals surface area contributed by atoms with Gasteiger partial charge >= 0.3 is 0 Å². The van der Waals surface area contributed by atoms with E-state index in [4.69, 9.17) is 5.73 Å². The Kier molecular flexibility index (Phi) is 2.36. The van der Waals surface area contributed by atoms with Crippen molar-refractivity contribution in [1.82, 2.24) is 0 Å². The fraction of sp³-hybridized carbons (Fsp3) is 0.538. The highest BCUT2D eigenvalue weighted by Crippen LogP contribution is 2.33. The molecule has 0 aliphatic heterocycles. The second-order valence-corrected chi connectivity index (χ2v) is 4.74. The Morgan fingerprint density at radius 2 is 1.71 bits per heavy atom. The van der Waals surface area contributed by atoms with E-state index in [-0.39, 0.29) is 0 Å². The Labute approximate surface area is 86.3 Å². The topological polar surface area (TPSA) is 26.0 Å². The first-order valence-electron chi connectivity index (χ1n) is 5.40. The zero-order valence-electron chi connectivity index (χ0n) is 9.30. The van der Waals surface area contributed by atoms with Gasteiger partial charge in [0.15, 0.2) is 0 Å². The lowest BCUT2D eigenvalue weighted by atomic mass is 9.95. The van der Waals surface area contributed by atoms with E-state index in [1.807, 2.05) is 0 Å². The summed E-state index contributed by atoms with van der Waals surface area (Å²) >= 11 is 0. The van der Waals surface area contributed by atoms with E-state index in [9.17, 15) is 0 Å². The van der Waals surface area contributed by atoms with Crippen LogP contribution in [-0.4, -0.2) is 6.04 Å². The third kappa shape index (κ3) is 1.83. The minimum atomic E-state index is 0.468. The second kappa shape index (κ2) is 3.39. The summed E-state index contributed by atoms with van der Waals surface area (Å²) in [6.07, 6.45) is 2.39. The molecule has 76 valence electrons. The Bertz CT molecular complexity index is 331. The van der Waals surface area contributed by atoms with Gasteiger partial charge in [0, 0.05) is 6.04 Å². The molecule has 2 atom stereocenters. The van der Waals surface area contributed by atoms with Crippen LogP contribution in [0.4, 0.5) is 0 Å². The van der Waals surface area contributed by atoms with Crippen molar-refractivity contribution in [3.63, 3.8) is 0 Å². The Morgan fingerprint density at radius 3 is 2.14 bits per heavy atom. The van der Waals surface area contributed by atoms with Crippen molar-refractivity contribution in [1.29, 1.82) is 0 Å². The van der Waals surface area contributed by atoms with Crippen LogP contribution in [0.2, 0.25) is 0 Å². The molecule has 1 aromatic carbocycles. The SMILES string of the molecule is Cc1cc(C)c(C[C@@H]2C[C@H]2N)c(C)c1. The Morgan fingerprint density at radius 1 is 1.21 bits per heavy atom. The molecule has 0 aromatic heterocycles. The zero-order chi connectivity index (χ0) is 10.3. The highest BCUT2D eigenvalue weighted by atomic mass is 14.7. The monoisotopic (exact) mass is 189 g/mol. The van der Waals surface area contributed by atoms with Crippen molar-refractivity contribution in [3.05, 3.63) is 34.4 Å². The van der Waals surface area contributed by atoms with Gasteiger partial charge in [-0.2, -0.15) is 0 Å². The normalized spacial score (nSPS) is 25.1. The third-order valence-corrected chi connectivity index (χ3v) is 3.28. The molecule has 0 radical (unpaired) electrons. The number of hydrogen-bond donors (Lipinski definition) is 1. The first-order valence-corrected chi connectivity index (χ1v) is 5.40. The maximum atomic E-state index is 5.84. The average molecular weight is 189 g/mol. The summed E-state index contributed by atoms with van der Waals surface area (Å²) in [5, 5.41) is 0. The van der Waals surface area contributed by atoms with Gasteiger partial charge in [-0.3, -0.25) is 0 Å². The molecular formula is C13H19N. The third-order valence-electron chi connectivity index (χ3n) is 3.28. The molecule has 1 heteroatoms. The molecule has 0 spiro atoms. The van der Waals surface area contributed by atoms with Crippen LogP contribution in [-0.2, 0) is 6.42 Å². The van der Waals surface area contributed by atoms with Crippen LogP contribution >= 0.6 is 0 Å². The Hall–Kier alpha value is -0.820. The van der Waals surface area contributed by atoms with Crippen LogP contribution in [0.3, 0.4) is 0 Å². The number of hydrogen-bond acceptors (Lipinski definition) is 1. The van der Waals surface area contributed by atoms with E-state index in [1.165, 1.54) is 35.1 Å². The highest BCUT2D eigenvalue weighted by Gasteiger charge is 2.33. The standard InChI is InChI=1S/C13H19N/c1-8-4-9(2)12(10(3)5-8)6-11-7-13(11)14/h4-5,11,13H,6-7,14H2,1-3H3/t11-,13-/m1/s1. The van der Waals surface area contributed by atoms with Crippen molar-refractivity contribution in [2.24, 2.45) is 11.7 Å². The minimum Gasteiger partial charge on any atom is -0.327 e. The molecule has 1 aliphatic carbocycles. The molecule has 2 rings (SSSR count). The van der Waals surface area contributed by atoms with Crippen molar-refractivity contribution < 1.29 is 0 Å². The zero-order valence-corrected chi connectivity index (χ0v) is 9.30. The van der Waals surface area contributed by atoms with E-state index < -0.39 is 0 Å². The predicted molar refractivity (Wildman–Crippen MR) is 60.4 cm³/mol. The lowest BCUT2D eigenvalue weighted by Gasteiger charge is -2.10. The average Bonchev–Trinajstić information content (AvgIpc) is 2.74. The van der Waals surface area contributed by atoms with Crippen LogP contribution in [0.1, 0.15) is 28.7 Å². The van der Waals surface area contributed by atoms with Crippen molar-refractivity contribution in [2.75, 3.05) is 0 Å². The molecule has 1 aromatic rings. The van der Waals surface area contributed by atoms with Gasteiger partial charge in [0.25, 0.3) is 0 Å². The van der Waals surface area contributed by atoms with E-state index >= 15 is 0 Å². The van der Waals surface area contributed by atoms with Gasteiger partial charge in [-0.05, 0) is 56.2 Å². The smallest absolute Gasteiger partial charge is 0.00742 e. The minimum absolute atomic E-state index is 0.468. The Balaban J connectivity index is 2.23. The van der Waals surface area contributed by atoms with Gasteiger partial charge < -0.3 is 5.73 Å². The molecule has 1 fully saturated rings. The molecule has 1 aliphatic rings. The van der Waals surface area contributed by atoms with Gasteiger partial charge in [0.05, 0.1) is 0 Å². The molecule has 1 nitrogen and oxygen atoms in total. The van der Waals surface area contributed by atoms with Crippen LogP contribution in [0, 0.1) is 26.7 Å². The summed E-state index contributed by atoms with van der Waals surface area (Å²) in [4.78, 5) is 0. The van der Waals surface area contributed by atoms with Gasteiger partial charge in [0.2, 0.25) is 0 Å². The second-order valence-electron chi connectivity index (χ2n) is 4.74. The maximum Gasteiger partial charge on any atom is 0.00742 e. The quantitative estimate of drug-likeness (QED) is 0.760. The van der Waals surface area contributed by atoms with Crippen LogP contribution in [0.5, 0.6) is 0 Å².